The number of nitrogens with zero attached hydrogens (tertiary/aromatic N) is 1. The number of aromatic hydroxyl groups is 2. The molecule has 2 amide bonds. The highest BCUT2D eigenvalue weighted by Crippen LogP contribution is 2.39. The van der Waals surface area contributed by atoms with Crippen molar-refractivity contribution in [2.45, 2.75) is 129 Å². The number of nitrogens with one attached hydrogen (secondary N) is 1. The van der Waals surface area contributed by atoms with E-state index in [1.807, 2.05) is 0 Å². The van der Waals surface area contributed by atoms with E-state index in [2.05, 4.69) is 12.2 Å². The first-order valence-electron chi connectivity index (χ1n) is 19.3. The number of hydrogen-bond donors (Lipinski definition) is 4. The number of nitrogens with two attached hydrogens (primary N) is 1. The highest BCUT2D eigenvalue weighted by molar-refractivity contribution is 5.96. The van der Waals surface area contributed by atoms with Gasteiger partial charge in [0.1, 0.15) is 29.1 Å². The third kappa shape index (κ3) is 12.9. The van der Waals surface area contributed by atoms with E-state index in [1.165, 1.54) is 37.1 Å². The van der Waals surface area contributed by atoms with Crippen LogP contribution in [-0.4, -0.2) is 69.7 Å². The molecular weight excluding hydrogens is 674 g/mol. The predicted octanol–water partition coefficient (Wildman–Crippen LogP) is 6.29. The monoisotopic (exact) mass is 733 g/mol. The molecule has 0 unspecified atom stereocenters. The van der Waals surface area contributed by atoms with Crippen LogP contribution in [0.4, 0.5) is 0 Å². The fourth-order valence-electron chi connectivity index (χ4n) is 7.02. The lowest BCUT2D eigenvalue weighted by Gasteiger charge is -2.32. The lowest BCUT2D eigenvalue weighted by Crippen LogP contribution is -2.45. The minimum atomic E-state index is -1.20. The predicted molar refractivity (Wildman–Crippen MR) is 204 cm³/mol. The smallest absolute Gasteiger partial charge is 0.226 e. The van der Waals surface area contributed by atoms with Gasteiger partial charge < -0.3 is 26.2 Å². The Morgan fingerprint density at radius 1 is 0.849 bits per heavy atom. The Balaban J connectivity index is 1.92. The van der Waals surface area contributed by atoms with E-state index in [4.69, 9.17) is 5.73 Å². The number of unbranched alkanes of at least 4 members (excludes halogenated alkanes) is 5. The molecule has 0 radical (unpaired) electrons. The first-order valence-corrected chi connectivity index (χ1v) is 19.3. The summed E-state index contributed by atoms with van der Waals surface area (Å²) in [7, 11) is 1.49. The van der Waals surface area contributed by atoms with Crippen LogP contribution in [0.2, 0.25) is 0 Å². The number of amides is 2. The highest BCUT2D eigenvalue weighted by atomic mass is 16.3. The molecule has 0 aromatic heterocycles. The van der Waals surface area contributed by atoms with Crippen LogP contribution in [0.15, 0.2) is 36.4 Å². The van der Waals surface area contributed by atoms with Gasteiger partial charge >= 0.3 is 0 Å². The van der Waals surface area contributed by atoms with E-state index in [-0.39, 0.29) is 65.7 Å². The van der Waals surface area contributed by atoms with Gasteiger partial charge in [-0.25, -0.2) is 0 Å². The normalized spacial score (nSPS) is 18.1. The van der Waals surface area contributed by atoms with Crippen molar-refractivity contribution in [1.82, 2.24) is 10.2 Å². The van der Waals surface area contributed by atoms with Crippen LogP contribution in [0.25, 0.3) is 11.1 Å². The first-order chi connectivity index (χ1) is 25.3. The van der Waals surface area contributed by atoms with Crippen LogP contribution < -0.4 is 11.1 Å². The van der Waals surface area contributed by atoms with Crippen molar-refractivity contribution >= 4 is 34.9 Å². The summed E-state index contributed by atoms with van der Waals surface area (Å²) in [6, 6.07) is 7.09. The Morgan fingerprint density at radius 2 is 1.49 bits per heavy atom. The summed E-state index contributed by atoms with van der Waals surface area (Å²) >= 11 is 0. The molecular formula is C42H59N3O8. The largest absolute Gasteiger partial charge is 0.507 e. The number of carbonyl (C=O) groups excluding carboxylic acids is 6. The third-order valence-electron chi connectivity index (χ3n) is 10.2. The minimum absolute atomic E-state index is 0.0490. The molecule has 1 heterocycles. The topological polar surface area (TPSA) is 184 Å². The van der Waals surface area contributed by atoms with Crippen molar-refractivity contribution in [2.75, 3.05) is 13.6 Å². The Morgan fingerprint density at radius 3 is 2.17 bits per heavy atom. The van der Waals surface area contributed by atoms with Crippen LogP contribution in [0, 0.1) is 11.8 Å². The van der Waals surface area contributed by atoms with Crippen molar-refractivity contribution in [2.24, 2.45) is 17.6 Å². The van der Waals surface area contributed by atoms with Crippen LogP contribution >= 0.6 is 0 Å². The Bertz CT molecular complexity index is 1600. The SMILES string of the molecule is CCCCCCCC(=O)CCCC(=O)C[C@@H](CCCCN)C(=O)N(C)[C@@H]1C(=O)C[C@@H](C)C(=O)N[C@H](C(C)=O)Cc2ccc(O)c(c2)-c2cc1ccc2O. The first kappa shape index (κ1) is 43.0. The van der Waals surface area contributed by atoms with Crippen molar-refractivity contribution in [3.8, 4) is 22.6 Å². The van der Waals surface area contributed by atoms with E-state index in [0.29, 0.717) is 56.2 Å². The van der Waals surface area contributed by atoms with Crippen molar-refractivity contribution in [3.63, 3.8) is 0 Å². The average Bonchev–Trinajstić information content (AvgIpc) is 3.11. The minimum Gasteiger partial charge on any atom is -0.507 e. The standard InChI is InChI=1S/C42H59N3O8/c1-5-6-7-8-9-14-32(47)15-12-16-33(48)25-31(13-10-11-21-43)42(53)45(4)40-30-18-20-38(50)35(26-30)34-23-29(17-19-37(34)49)24-36(28(3)46)44-41(52)27(2)22-39(40)51/h17-20,23,26-27,31,36,40,49-50H,5-16,21-22,24-25,43H2,1-4H3,(H,44,52)/t27-,31-,36+,40+/m1/s1. The number of likely N-dealkylation sites (N-methyl/N-ethyl adjacent to an activating group) is 1. The summed E-state index contributed by atoms with van der Waals surface area (Å²) in [6.45, 7) is 5.51. The molecule has 2 aromatic rings. The molecule has 11 heteroatoms. The lowest BCUT2D eigenvalue weighted by molar-refractivity contribution is -0.144. The van der Waals surface area contributed by atoms with Gasteiger partial charge in [0.2, 0.25) is 11.8 Å². The second-order valence-corrected chi connectivity index (χ2v) is 14.7. The van der Waals surface area contributed by atoms with Gasteiger partial charge in [-0.2, -0.15) is 0 Å². The maximum atomic E-state index is 14.3. The summed E-state index contributed by atoms with van der Waals surface area (Å²) < 4.78 is 0. The zero-order valence-corrected chi connectivity index (χ0v) is 32.0. The maximum Gasteiger partial charge on any atom is 0.226 e. The summed E-state index contributed by atoms with van der Waals surface area (Å²) in [6.07, 6.45) is 8.16. The zero-order chi connectivity index (χ0) is 39.1. The Kier molecular flexibility index (Phi) is 17.3. The summed E-state index contributed by atoms with van der Waals surface area (Å²) in [5, 5.41) is 24.6. The second-order valence-electron chi connectivity index (χ2n) is 14.7. The molecule has 290 valence electrons. The van der Waals surface area contributed by atoms with Gasteiger partial charge in [0.15, 0.2) is 11.6 Å². The molecule has 2 aromatic carbocycles. The van der Waals surface area contributed by atoms with E-state index < -0.39 is 41.5 Å². The highest BCUT2D eigenvalue weighted by Gasteiger charge is 2.35. The zero-order valence-electron chi connectivity index (χ0n) is 32.0. The summed E-state index contributed by atoms with van der Waals surface area (Å²) in [5.41, 5.74) is 7.20. The molecule has 0 aliphatic carbocycles. The molecule has 53 heavy (non-hydrogen) atoms. The quantitative estimate of drug-likeness (QED) is 0.120. The van der Waals surface area contributed by atoms with Crippen LogP contribution in [0.1, 0.15) is 128 Å². The number of rotatable bonds is 19. The second kappa shape index (κ2) is 21.4. The molecule has 1 aliphatic rings. The summed E-state index contributed by atoms with van der Waals surface area (Å²) in [4.78, 5) is 81.3. The van der Waals surface area contributed by atoms with E-state index in [1.54, 1.807) is 25.1 Å². The number of benzene rings is 2. The van der Waals surface area contributed by atoms with E-state index >= 15 is 0 Å². The lowest BCUT2D eigenvalue weighted by atomic mass is 9.88. The van der Waals surface area contributed by atoms with Gasteiger partial charge in [0.25, 0.3) is 0 Å². The molecule has 1 aliphatic heterocycles. The molecule has 0 fully saturated rings. The summed E-state index contributed by atoms with van der Waals surface area (Å²) in [5.74, 6) is -3.55. The van der Waals surface area contributed by atoms with Crippen molar-refractivity contribution < 1.29 is 39.0 Å². The number of phenols is 2. The van der Waals surface area contributed by atoms with Crippen LogP contribution in [-0.2, 0) is 35.2 Å². The molecule has 3 rings (SSSR count). The molecule has 5 N–H and O–H groups in total. The van der Waals surface area contributed by atoms with E-state index in [0.717, 1.165) is 32.1 Å². The number of fused-ring (bicyclic) bond motifs is 5. The fraction of sp³-hybridized carbons (Fsp3) is 0.571. The Labute approximate surface area is 314 Å². The molecule has 0 saturated carbocycles. The third-order valence-corrected chi connectivity index (χ3v) is 10.2. The van der Waals surface area contributed by atoms with Gasteiger partial charge in [-0.1, -0.05) is 58.1 Å². The number of phenolic OH excluding ortho intramolecular Hbond substituents is 2. The van der Waals surface area contributed by atoms with Gasteiger partial charge in [-0.05, 0) is 81.0 Å². The molecule has 0 saturated heterocycles. The average molecular weight is 734 g/mol. The number of ketones is 4. The number of hydrogen-bond acceptors (Lipinski definition) is 9. The molecule has 4 bridgehead atoms. The number of carbonyl (C=O) groups is 6. The van der Waals surface area contributed by atoms with Crippen molar-refractivity contribution in [3.05, 3.63) is 47.5 Å². The Hall–Kier alpha value is -4.38. The number of Topliss-reactive ketones (excluding diaryl/α,β-unsaturated/α-hetero) is 4. The molecule has 4 atom stereocenters. The maximum absolute atomic E-state index is 14.3. The molecule has 0 spiro atoms. The van der Waals surface area contributed by atoms with Gasteiger partial charge in [0, 0.05) is 62.1 Å². The van der Waals surface area contributed by atoms with Gasteiger partial charge in [-0.15, -0.1) is 0 Å². The van der Waals surface area contributed by atoms with E-state index in [9.17, 15) is 39.0 Å². The molecule has 11 nitrogen and oxygen atoms in total. The van der Waals surface area contributed by atoms with Crippen LogP contribution in [0.5, 0.6) is 11.5 Å². The van der Waals surface area contributed by atoms with Crippen LogP contribution in [0.3, 0.4) is 0 Å². The van der Waals surface area contributed by atoms with Gasteiger partial charge in [0.05, 0.1) is 6.04 Å². The fourth-order valence-corrected chi connectivity index (χ4v) is 7.02. The van der Waals surface area contributed by atoms with Crippen molar-refractivity contribution in [1.29, 1.82) is 0 Å². The van der Waals surface area contributed by atoms with Gasteiger partial charge in [-0.3, -0.25) is 28.8 Å².